The molecule has 0 aliphatic carbocycles. The van der Waals surface area contributed by atoms with Crippen molar-refractivity contribution in [3.63, 3.8) is 0 Å². The van der Waals surface area contributed by atoms with E-state index in [-0.39, 0.29) is 24.0 Å². The molecule has 1 aromatic rings. The zero-order chi connectivity index (χ0) is 16.5. The van der Waals surface area contributed by atoms with E-state index in [0.717, 1.165) is 58.0 Å². The predicted molar refractivity (Wildman–Crippen MR) is 112 cm³/mol. The Hall–Kier alpha value is -0.820. The highest BCUT2D eigenvalue weighted by molar-refractivity contribution is 14.0. The molecule has 136 valence electrons. The quantitative estimate of drug-likeness (QED) is 0.413. The molecule has 1 saturated heterocycles. The van der Waals surface area contributed by atoms with Gasteiger partial charge in [-0.3, -0.25) is 4.99 Å². The fraction of sp³-hybridized carbons (Fsp3) is 0.632. The molecule has 1 aliphatic heterocycles. The fourth-order valence-corrected chi connectivity index (χ4v) is 2.94. The summed E-state index contributed by atoms with van der Waals surface area (Å²) in [6.07, 6.45) is 3.60. The summed E-state index contributed by atoms with van der Waals surface area (Å²) < 4.78 is 5.73. The first kappa shape index (κ1) is 21.2. The van der Waals surface area contributed by atoms with E-state index in [1.54, 1.807) is 0 Å². The molecular weight excluding hydrogens is 413 g/mol. The van der Waals surface area contributed by atoms with Crippen LogP contribution in [0.5, 0.6) is 0 Å². The molecule has 5 heteroatoms. The molecule has 0 spiro atoms. The molecule has 0 radical (unpaired) electrons. The van der Waals surface area contributed by atoms with Gasteiger partial charge in [0, 0.05) is 32.8 Å². The van der Waals surface area contributed by atoms with Crippen molar-refractivity contribution in [2.24, 2.45) is 4.99 Å². The van der Waals surface area contributed by atoms with E-state index in [1.807, 2.05) is 0 Å². The highest BCUT2D eigenvalue weighted by Gasteiger charge is 2.21. The van der Waals surface area contributed by atoms with Crippen molar-refractivity contribution in [2.75, 3.05) is 32.8 Å². The largest absolute Gasteiger partial charge is 0.378 e. The van der Waals surface area contributed by atoms with Gasteiger partial charge in [0.05, 0.1) is 6.10 Å². The molecule has 1 heterocycles. The maximum atomic E-state index is 5.73. The number of nitrogens with one attached hydrogen (secondary N) is 1. The summed E-state index contributed by atoms with van der Waals surface area (Å²) in [4.78, 5) is 7.19. The molecule has 0 atom stereocenters. The van der Waals surface area contributed by atoms with Gasteiger partial charge in [0.2, 0.25) is 0 Å². The van der Waals surface area contributed by atoms with Crippen LogP contribution in [0.3, 0.4) is 0 Å². The van der Waals surface area contributed by atoms with Gasteiger partial charge < -0.3 is 15.0 Å². The van der Waals surface area contributed by atoms with Crippen LogP contribution in [0.4, 0.5) is 0 Å². The van der Waals surface area contributed by atoms with Crippen LogP contribution in [0.1, 0.15) is 37.8 Å². The average molecular weight is 445 g/mol. The van der Waals surface area contributed by atoms with E-state index < -0.39 is 0 Å². The van der Waals surface area contributed by atoms with Crippen LogP contribution in [0.2, 0.25) is 0 Å². The van der Waals surface area contributed by atoms with Gasteiger partial charge in [0.25, 0.3) is 0 Å². The Kier molecular flexibility index (Phi) is 10.3. The topological polar surface area (TPSA) is 36.9 Å². The van der Waals surface area contributed by atoms with Crippen LogP contribution in [0.15, 0.2) is 29.3 Å². The number of nitrogens with zero attached hydrogens (tertiary/aromatic N) is 2. The monoisotopic (exact) mass is 445 g/mol. The number of ether oxygens (including phenoxy) is 1. The van der Waals surface area contributed by atoms with Crippen LogP contribution in [0, 0.1) is 6.92 Å². The maximum Gasteiger partial charge on any atom is 0.193 e. The zero-order valence-electron chi connectivity index (χ0n) is 15.3. The molecular formula is C19H32IN3O. The Morgan fingerprint density at radius 3 is 2.46 bits per heavy atom. The highest BCUT2D eigenvalue weighted by atomic mass is 127. The molecule has 1 fully saturated rings. The van der Waals surface area contributed by atoms with Crippen LogP contribution < -0.4 is 5.32 Å². The van der Waals surface area contributed by atoms with Gasteiger partial charge in [0.15, 0.2) is 5.96 Å². The first-order chi connectivity index (χ1) is 11.2. The van der Waals surface area contributed by atoms with Crippen molar-refractivity contribution in [1.82, 2.24) is 10.2 Å². The Morgan fingerprint density at radius 1 is 1.21 bits per heavy atom. The summed E-state index contributed by atoms with van der Waals surface area (Å²) in [6.45, 7) is 10.9. The summed E-state index contributed by atoms with van der Waals surface area (Å²) in [6, 6.07) is 8.74. The third-order valence-electron chi connectivity index (χ3n) is 4.26. The first-order valence-electron chi connectivity index (χ1n) is 8.93. The van der Waals surface area contributed by atoms with Crippen LogP contribution in [0.25, 0.3) is 0 Å². The molecule has 0 unspecified atom stereocenters. The van der Waals surface area contributed by atoms with Gasteiger partial charge in [-0.1, -0.05) is 29.8 Å². The Morgan fingerprint density at radius 2 is 1.88 bits per heavy atom. The third kappa shape index (κ3) is 6.97. The molecule has 0 amide bonds. The minimum atomic E-state index is 0. The summed E-state index contributed by atoms with van der Waals surface area (Å²) in [5.41, 5.74) is 2.66. The smallest absolute Gasteiger partial charge is 0.193 e. The van der Waals surface area contributed by atoms with Crippen molar-refractivity contribution in [3.05, 3.63) is 35.4 Å². The van der Waals surface area contributed by atoms with Crippen molar-refractivity contribution < 1.29 is 4.74 Å². The van der Waals surface area contributed by atoms with Gasteiger partial charge in [0.1, 0.15) is 0 Å². The zero-order valence-corrected chi connectivity index (χ0v) is 17.6. The van der Waals surface area contributed by atoms with E-state index in [9.17, 15) is 0 Å². The second kappa shape index (κ2) is 11.7. The lowest BCUT2D eigenvalue weighted by atomic mass is 10.1. The normalized spacial score (nSPS) is 16.0. The highest BCUT2D eigenvalue weighted by Crippen LogP contribution is 2.14. The van der Waals surface area contributed by atoms with Crippen molar-refractivity contribution in [3.8, 4) is 0 Å². The molecule has 24 heavy (non-hydrogen) atoms. The van der Waals surface area contributed by atoms with Gasteiger partial charge in [-0.05, 0) is 45.6 Å². The summed E-state index contributed by atoms with van der Waals surface area (Å²) in [5.74, 6) is 1.05. The molecule has 1 aromatic carbocycles. The lowest BCUT2D eigenvalue weighted by Gasteiger charge is -2.34. The molecule has 4 nitrogen and oxygen atoms in total. The van der Waals surface area contributed by atoms with Gasteiger partial charge in [-0.25, -0.2) is 0 Å². The predicted octanol–water partition coefficient (Wildman–Crippen LogP) is 3.62. The fourth-order valence-electron chi connectivity index (χ4n) is 2.94. The van der Waals surface area contributed by atoms with Crippen molar-refractivity contribution in [1.29, 1.82) is 0 Å². The van der Waals surface area contributed by atoms with E-state index >= 15 is 0 Å². The van der Waals surface area contributed by atoms with Gasteiger partial charge >= 0.3 is 0 Å². The van der Waals surface area contributed by atoms with Crippen molar-refractivity contribution >= 4 is 29.9 Å². The average Bonchev–Trinajstić information content (AvgIpc) is 2.57. The van der Waals surface area contributed by atoms with Crippen LogP contribution in [-0.2, 0) is 11.2 Å². The second-order valence-corrected chi connectivity index (χ2v) is 6.11. The molecule has 1 N–H and O–H groups in total. The van der Waals surface area contributed by atoms with Gasteiger partial charge in [-0.2, -0.15) is 0 Å². The lowest BCUT2D eigenvalue weighted by molar-refractivity contribution is 0.0264. The Labute approximate surface area is 164 Å². The second-order valence-electron chi connectivity index (χ2n) is 6.11. The lowest BCUT2D eigenvalue weighted by Crippen LogP contribution is -2.47. The SMILES string of the molecule is CCNC(=NCCc1ccc(C)cc1)N1CCC(OCC)CC1.I. The molecule has 0 saturated carbocycles. The number of rotatable bonds is 6. The number of hydrogen-bond acceptors (Lipinski definition) is 2. The minimum Gasteiger partial charge on any atom is -0.378 e. The number of piperidine rings is 1. The van der Waals surface area contributed by atoms with E-state index in [0.29, 0.717) is 6.10 Å². The van der Waals surface area contributed by atoms with E-state index in [4.69, 9.17) is 9.73 Å². The number of likely N-dealkylation sites (tertiary alicyclic amines) is 1. The molecule has 2 rings (SSSR count). The summed E-state index contributed by atoms with van der Waals surface area (Å²) >= 11 is 0. The Balaban J connectivity index is 0.00000288. The number of aliphatic imine (C=N–C) groups is 1. The summed E-state index contributed by atoms with van der Waals surface area (Å²) in [5, 5.41) is 3.43. The standard InChI is InChI=1S/C19H31N3O.HI/c1-4-20-19(22-14-11-18(12-15-22)23-5-2)21-13-10-17-8-6-16(3)7-9-17;/h6-9,18H,4-5,10-15H2,1-3H3,(H,20,21);1H. The molecule has 0 aromatic heterocycles. The van der Waals surface area contributed by atoms with Crippen LogP contribution in [-0.4, -0.2) is 49.7 Å². The van der Waals surface area contributed by atoms with Gasteiger partial charge in [-0.15, -0.1) is 24.0 Å². The number of halogens is 1. The number of guanidine groups is 1. The first-order valence-corrected chi connectivity index (χ1v) is 8.93. The van der Waals surface area contributed by atoms with Crippen LogP contribution >= 0.6 is 24.0 Å². The minimum absolute atomic E-state index is 0. The van der Waals surface area contributed by atoms with Crippen molar-refractivity contribution in [2.45, 2.75) is 46.1 Å². The Bertz CT molecular complexity index is 482. The van der Waals surface area contributed by atoms with E-state index in [2.05, 4.69) is 55.3 Å². The molecule has 1 aliphatic rings. The molecule has 0 bridgehead atoms. The number of benzene rings is 1. The maximum absolute atomic E-state index is 5.73. The summed E-state index contributed by atoms with van der Waals surface area (Å²) in [7, 11) is 0. The van der Waals surface area contributed by atoms with E-state index in [1.165, 1.54) is 11.1 Å². The number of aryl methyl sites for hydroxylation is 1. The number of hydrogen-bond donors (Lipinski definition) is 1. The third-order valence-corrected chi connectivity index (χ3v) is 4.26.